The Morgan fingerprint density at radius 1 is 1.00 bits per heavy atom. The smallest absolute Gasteiger partial charge is 0.259 e. The van der Waals surface area contributed by atoms with Gasteiger partial charge in [0.1, 0.15) is 0 Å². The number of rotatable bonds is 2. The van der Waals surface area contributed by atoms with Crippen LogP contribution in [0.3, 0.4) is 0 Å². The van der Waals surface area contributed by atoms with Gasteiger partial charge in [0.2, 0.25) is 0 Å². The van der Waals surface area contributed by atoms with Crippen LogP contribution in [0, 0.1) is 6.92 Å². The summed E-state index contributed by atoms with van der Waals surface area (Å²) in [6.45, 7) is 2.08. The molecule has 6 heteroatoms. The monoisotopic (exact) mass is 233 g/mol. The average Bonchev–Trinajstić information content (AvgIpc) is 2.26. The predicted molar refractivity (Wildman–Crippen MR) is 62.2 cm³/mol. The van der Waals surface area contributed by atoms with Gasteiger partial charge in [-0.2, -0.15) is 0 Å². The summed E-state index contributed by atoms with van der Waals surface area (Å²) >= 11 is 0. The van der Waals surface area contributed by atoms with Crippen LogP contribution in [0.2, 0.25) is 0 Å². The normalized spacial score (nSPS) is 10.4. The van der Waals surface area contributed by atoms with Gasteiger partial charge >= 0.3 is 17.1 Å². The van der Waals surface area contributed by atoms with Gasteiger partial charge in [-0.05, 0) is 12.5 Å². The Labute approximate surface area is 95.6 Å². The highest BCUT2D eigenvalue weighted by Gasteiger charge is 2.03. The largest absolute Gasteiger partial charge is 0.333 e. The van der Waals surface area contributed by atoms with Crippen LogP contribution in [0.5, 0.6) is 0 Å². The lowest BCUT2D eigenvalue weighted by Gasteiger charge is -2.03. The standard InChI is InChI=1S/C11H11N3O3/c1-7-2-4-8(5-3-7)6-14-10(16)12-9(15)13-11(14)17/h2-5H,6H2,1H3,(H2,12,13,15,16,17). The van der Waals surface area contributed by atoms with E-state index >= 15 is 0 Å². The van der Waals surface area contributed by atoms with E-state index in [1.165, 1.54) is 0 Å². The zero-order valence-corrected chi connectivity index (χ0v) is 9.19. The molecule has 0 atom stereocenters. The van der Waals surface area contributed by atoms with Gasteiger partial charge in [-0.1, -0.05) is 29.8 Å². The van der Waals surface area contributed by atoms with Crippen molar-refractivity contribution in [3.05, 3.63) is 66.8 Å². The molecule has 0 aliphatic heterocycles. The highest BCUT2D eigenvalue weighted by molar-refractivity contribution is 5.21. The van der Waals surface area contributed by atoms with Gasteiger partial charge in [-0.25, -0.2) is 19.0 Å². The molecule has 6 nitrogen and oxygen atoms in total. The fourth-order valence-electron chi connectivity index (χ4n) is 1.47. The van der Waals surface area contributed by atoms with Crippen LogP contribution in [0.4, 0.5) is 0 Å². The molecule has 0 saturated heterocycles. The molecule has 1 aromatic heterocycles. The summed E-state index contributed by atoms with van der Waals surface area (Å²) in [5, 5.41) is 0. The van der Waals surface area contributed by atoms with Crippen LogP contribution in [-0.2, 0) is 6.54 Å². The molecular weight excluding hydrogens is 222 g/mol. The molecular formula is C11H11N3O3. The van der Waals surface area contributed by atoms with Crippen LogP contribution in [0.1, 0.15) is 11.1 Å². The second kappa shape index (κ2) is 4.25. The summed E-state index contributed by atoms with van der Waals surface area (Å²) < 4.78 is 0.937. The van der Waals surface area contributed by atoms with E-state index in [0.717, 1.165) is 15.7 Å². The van der Waals surface area contributed by atoms with Gasteiger partial charge in [-0.3, -0.25) is 9.97 Å². The van der Waals surface area contributed by atoms with E-state index in [4.69, 9.17) is 0 Å². The second-order valence-corrected chi connectivity index (χ2v) is 3.76. The van der Waals surface area contributed by atoms with Crippen molar-refractivity contribution in [1.82, 2.24) is 14.5 Å². The molecule has 17 heavy (non-hydrogen) atoms. The van der Waals surface area contributed by atoms with Gasteiger partial charge in [0.15, 0.2) is 0 Å². The van der Waals surface area contributed by atoms with Crippen LogP contribution in [-0.4, -0.2) is 14.5 Å². The molecule has 0 aliphatic rings. The molecule has 0 unspecified atom stereocenters. The molecule has 1 aromatic carbocycles. The summed E-state index contributed by atoms with van der Waals surface area (Å²) in [5.74, 6) is 0. The van der Waals surface area contributed by atoms with E-state index in [9.17, 15) is 14.4 Å². The van der Waals surface area contributed by atoms with Crippen molar-refractivity contribution in [2.75, 3.05) is 0 Å². The van der Waals surface area contributed by atoms with Gasteiger partial charge in [0, 0.05) is 0 Å². The van der Waals surface area contributed by atoms with Gasteiger partial charge in [0.05, 0.1) is 6.54 Å². The first-order valence-corrected chi connectivity index (χ1v) is 5.05. The van der Waals surface area contributed by atoms with E-state index in [1.54, 1.807) is 0 Å². The molecule has 0 radical (unpaired) electrons. The minimum absolute atomic E-state index is 0.130. The first-order chi connectivity index (χ1) is 8.06. The van der Waals surface area contributed by atoms with Crippen molar-refractivity contribution in [3.63, 3.8) is 0 Å². The van der Waals surface area contributed by atoms with Crippen molar-refractivity contribution in [3.8, 4) is 0 Å². The summed E-state index contributed by atoms with van der Waals surface area (Å²) in [4.78, 5) is 37.7. The van der Waals surface area contributed by atoms with E-state index in [2.05, 4.69) is 0 Å². The van der Waals surface area contributed by atoms with Crippen LogP contribution in [0.15, 0.2) is 38.6 Å². The average molecular weight is 233 g/mol. The maximum absolute atomic E-state index is 11.4. The number of benzene rings is 1. The van der Waals surface area contributed by atoms with Crippen LogP contribution >= 0.6 is 0 Å². The Hall–Kier alpha value is -2.37. The highest BCUT2D eigenvalue weighted by Crippen LogP contribution is 2.02. The Bertz CT molecular complexity index is 657. The predicted octanol–water partition coefficient (Wildman–Crippen LogP) is -0.418. The Morgan fingerprint density at radius 2 is 1.53 bits per heavy atom. The molecule has 0 saturated carbocycles. The van der Waals surface area contributed by atoms with Crippen molar-refractivity contribution in [2.45, 2.75) is 13.5 Å². The second-order valence-electron chi connectivity index (χ2n) is 3.76. The Morgan fingerprint density at radius 3 is 2.06 bits per heavy atom. The van der Waals surface area contributed by atoms with E-state index in [1.807, 2.05) is 41.2 Å². The number of aromatic nitrogens is 3. The van der Waals surface area contributed by atoms with Gasteiger partial charge in [0.25, 0.3) is 0 Å². The Kier molecular flexibility index (Phi) is 2.78. The number of hydrogen-bond acceptors (Lipinski definition) is 3. The molecule has 0 bridgehead atoms. The molecule has 2 aromatic rings. The maximum Gasteiger partial charge on any atom is 0.333 e. The van der Waals surface area contributed by atoms with E-state index in [0.29, 0.717) is 0 Å². The number of aromatic amines is 2. The van der Waals surface area contributed by atoms with Gasteiger partial charge < -0.3 is 0 Å². The van der Waals surface area contributed by atoms with Crippen molar-refractivity contribution < 1.29 is 0 Å². The molecule has 2 rings (SSSR count). The summed E-state index contributed by atoms with van der Waals surface area (Å²) in [6, 6.07) is 7.43. The first-order valence-electron chi connectivity index (χ1n) is 5.05. The molecule has 0 spiro atoms. The summed E-state index contributed by atoms with van der Waals surface area (Å²) in [6.07, 6.45) is 0. The van der Waals surface area contributed by atoms with Crippen molar-refractivity contribution >= 4 is 0 Å². The fourth-order valence-corrected chi connectivity index (χ4v) is 1.47. The summed E-state index contributed by atoms with van der Waals surface area (Å²) in [7, 11) is 0. The number of hydrogen-bond donors (Lipinski definition) is 2. The molecule has 0 fully saturated rings. The number of H-pyrrole nitrogens is 2. The molecule has 0 amide bonds. The highest BCUT2D eigenvalue weighted by atomic mass is 16.2. The van der Waals surface area contributed by atoms with Gasteiger partial charge in [-0.15, -0.1) is 0 Å². The van der Waals surface area contributed by atoms with Crippen molar-refractivity contribution in [1.29, 1.82) is 0 Å². The summed E-state index contributed by atoms with van der Waals surface area (Å²) in [5.41, 5.74) is -0.300. The molecule has 88 valence electrons. The third-order valence-corrected chi connectivity index (χ3v) is 2.39. The molecule has 2 N–H and O–H groups in total. The quantitative estimate of drug-likeness (QED) is 0.738. The fraction of sp³-hybridized carbons (Fsp3) is 0.182. The lowest BCUT2D eigenvalue weighted by atomic mass is 10.1. The van der Waals surface area contributed by atoms with Crippen molar-refractivity contribution in [2.24, 2.45) is 0 Å². The minimum atomic E-state index is -0.792. The topological polar surface area (TPSA) is 87.7 Å². The first kappa shape index (κ1) is 11.1. The van der Waals surface area contributed by atoms with E-state index < -0.39 is 17.1 Å². The maximum atomic E-state index is 11.4. The lowest BCUT2D eigenvalue weighted by Crippen LogP contribution is -2.43. The zero-order chi connectivity index (χ0) is 12.4. The number of nitrogens with one attached hydrogen (secondary N) is 2. The van der Waals surface area contributed by atoms with Crippen LogP contribution < -0.4 is 17.1 Å². The number of nitrogens with zero attached hydrogens (tertiary/aromatic N) is 1. The molecule has 1 heterocycles. The molecule has 0 aliphatic carbocycles. The SMILES string of the molecule is Cc1ccc(Cn2c(=O)[nH]c(=O)[nH]c2=O)cc1. The third-order valence-electron chi connectivity index (χ3n) is 2.39. The zero-order valence-electron chi connectivity index (χ0n) is 9.19. The van der Waals surface area contributed by atoms with E-state index in [-0.39, 0.29) is 6.54 Å². The Balaban J connectivity index is 2.43. The van der Waals surface area contributed by atoms with Crippen LogP contribution in [0.25, 0.3) is 0 Å². The lowest BCUT2D eigenvalue weighted by molar-refractivity contribution is 0.653. The third kappa shape index (κ3) is 2.41. The number of aryl methyl sites for hydroxylation is 1. The minimum Gasteiger partial charge on any atom is -0.259 e.